The molecule has 1 aliphatic heterocycles. The van der Waals surface area contributed by atoms with Gasteiger partial charge in [0, 0.05) is 29.8 Å². The van der Waals surface area contributed by atoms with E-state index in [9.17, 15) is 0 Å². The lowest BCUT2D eigenvalue weighted by Crippen LogP contribution is -2.31. The summed E-state index contributed by atoms with van der Waals surface area (Å²) in [4.78, 5) is 4.70. The molecule has 0 aliphatic carbocycles. The lowest BCUT2D eigenvalue weighted by molar-refractivity contribution is 0.315. The third-order valence-corrected chi connectivity index (χ3v) is 4.06. The van der Waals surface area contributed by atoms with Crippen molar-refractivity contribution < 1.29 is 0 Å². The van der Waals surface area contributed by atoms with E-state index in [1.54, 1.807) is 0 Å². The molecule has 0 bridgehead atoms. The summed E-state index contributed by atoms with van der Waals surface area (Å²) in [6.45, 7) is 2.83. The summed E-state index contributed by atoms with van der Waals surface area (Å²) in [6.07, 6.45) is 2.06. The monoisotopic (exact) mass is 267 g/mol. The molecule has 0 spiro atoms. The fraction of sp³-hybridized carbons (Fsp3) is 0.571. The van der Waals surface area contributed by atoms with Crippen LogP contribution in [0.25, 0.3) is 0 Å². The van der Waals surface area contributed by atoms with E-state index in [1.807, 2.05) is 0 Å². The predicted molar refractivity (Wildman–Crippen MR) is 78.5 cm³/mol. The van der Waals surface area contributed by atoms with E-state index in [1.165, 1.54) is 12.1 Å². The first-order valence-corrected chi connectivity index (χ1v) is 6.89. The summed E-state index contributed by atoms with van der Waals surface area (Å²) >= 11 is 6.29. The molecule has 1 aliphatic rings. The second-order valence-electron chi connectivity index (χ2n) is 5.17. The third kappa shape index (κ3) is 2.97. The average Bonchev–Trinajstić information content (AvgIpc) is 2.81. The van der Waals surface area contributed by atoms with Crippen molar-refractivity contribution in [3.63, 3.8) is 0 Å². The highest BCUT2D eigenvalue weighted by Gasteiger charge is 2.24. The fourth-order valence-corrected chi connectivity index (χ4v) is 2.76. The number of nitrogens with zero attached hydrogens (tertiary/aromatic N) is 2. The summed E-state index contributed by atoms with van der Waals surface area (Å²) in [5.74, 6) is 0. The van der Waals surface area contributed by atoms with Crippen LogP contribution in [0, 0.1) is 0 Å². The Morgan fingerprint density at radius 2 is 2.22 bits per heavy atom. The molecule has 4 heteroatoms. The van der Waals surface area contributed by atoms with Crippen molar-refractivity contribution in [2.24, 2.45) is 5.73 Å². The van der Waals surface area contributed by atoms with Gasteiger partial charge in [-0.1, -0.05) is 17.7 Å². The summed E-state index contributed by atoms with van der Waals surface area (Å²) in [5.41, 5.74) is 7.94. The van der Waals surface area contributed by atoms with Gasteiger partial charge in [0.1, 0.15) is 0 Å². The van der Waals surface area contributed by atoms with Crippen molar-refractivity contribution in [3.8, 4) is 0 Å². The van der Waals surface area contributed by atoms with Gasteiger partial charge in [-0.3, -0.25) is 0 Å². The van der Waals surface area contributed by atoms with Crippen LogP contribution in [0.2, 0.25) is 5.02 Å². The maximum absolute atomic E-state index is 6.29. The van der Waals surface area contributed by atoms with Gasteiger partial charge >= 0.3 is 0 Å². The van der Waals surface area contributed by atoms with Gasteiger partial charge in [-0.25, -0.2) is 0 Å². The number of anilines is 1. The van der Waals surface area contributed by atoms with Crippen LogP contribution < -0.4 is 10.6 Å². The van der Waals surface area contributed by atoms with Crippen LogP contribution in [-0.4, -0.2) is 44.7 Å². The minimum absolute atomic E-state index is 0.644. The van der Waals surface area contributed by atoms with Gasteiger partial charge in [-0.2, -0.15) is 0 Å². The average molecular weight is 268 g/mol. The minimum Gasteiger partial charge on any atom is -0.370 e. The van der Waals surface area contributed by atoms with Crippen LogP contribution in [0.3, 0.4) is 0 Å². The lowest BCUT2D eigenvalue weighted by Gasteiger charge is -2.22. The molecule has 1 saturated heterocycles. The standard InChI is InChI=1S/C14H22ClN3/c1-17(2)13-6-8-18(10-13)12-4-3-11(5-7-16)14(15)9-12/h3-4,9,13H,5-8,10,16H2,1-2H3. The van der Waals surface area contributed by atoms with Crippen molar-refractivity contribution in [1.29, 1.82) is 0 Å². The molecule has 1 heterocycles. The molecule has 0 saturated carbocycles. The quantitative estimate of drug-likeness (QED) is 0.906. The van der Waals surface area contributed by atoms with Gasteiger partial charge < -0.3 is 15.5 Å². The Morgan fingerprint density at radius 1 is 1.44 bits per heavy atom. The van der Waals surface area contributed by atoms with Crippen molar-refractivity contribution in [2.45, 2.75) is 18.9 Å². The predicted octanol–water partition coefficient (Wildman–Crippen LogP) is 1.98. The van der Waals surface area contributed by atoms with Crippen molar-refractivity contribution in [3.05, 3.63) is 28.8 Å². The van der Waals surface area contributed by atoms with E-state index in [4.69, 9.17) is 17.3 Å². The van der Waals surface area contributed by atoms with E-state index in [0.29, 0.717) is 12.6 Å². The molecule has 1 aromatic rings. The summed E-state index contributed by atoms with van der Waals surface area (Å²) < 4.78 is 0. The first kappa shape index (κ1) is 13.7. The highest BCUT2D eigenvalue weighted by atomic mass is 35.5. The van der Waals surface area contributed by atoms with Gasteiger partial charge in [-0.15, -0.1) is 0 Å². The summed E-state index contributed by atoms with van der Waals surface area (Å²) in [7, 11) is 4.29. The molecule has 1 unspecified atom stereocenters. The number of likely N-dealkylation sites (N-methyl/N-ethyl adjacent to an activating group) is 1. The molecule has 1 fully saturated rings. The maximum Gasteiger partial charge on any atom is 0.0459 e. The number of hydrogen-bond acceptors (Lipinski definition) is 3. The largest absolute Gasteiger partial charge is 0.370 e. The Bertz CT molecular complexity index is 406. The normalized spacial score (nSPS) is 19.8. The van der Waals surface area contributed by atoms with E-state index < -0.39 is 0 Å². The van der Waals surface area contributed by atoms with E-state index in [0.717, 1.165) is 30.1 Å². The van der Waals surface area contributed by atoms with Crippen LogP contribution in [0.15, 0.2) is 18.2 Å². The number of halogens is 1. The van der Waals surface area contributed by atoms with Crippen LogP contribution in [-0.2, 0) is 6.42 Å². The molecule has 18 heavy (non-hydrogen) atoms. The zero-order chi connectivity index (χ0) is 13.1. The SMILES string of the molecule is CN(C)C1CCN(c2ccc(CCN)c(Cl)c2)C1. The Labute approximate surface area is 115 Å². The topological polar surface area (TPSA) is 32.5 Å². The van der Waals surface area contributed by atoms with Crippen molar-refractivity contribution >= 4 is 17.3 Å². The van der Waals surface area contributed by atoms with E-state index in [-0.39, 0.29) is 0 Å². The smallest absolute Gasteiger partial charge is 0.0459 e. The van der Waals surface area contributed by atoms with E-state index in [2.05, 4.69) is 42.1 Å². The van der Waals surface area contributed by atoms with Crippen LogP contribution in [0.1, 0.15) is 12.0 Å². The maximum atomic E-state index is 6.29. The summed E-state index contributed by atoms with van der Waals surface area (Å²) in [6, 6.07) is 6.99. The Balaban J connectivity index is 2.08. The molecule has 0 aromatic heterocycles. The number of benzene rings is 1. The van der Waals surface area contributed by atoms with Crippen LogP contribution in [0.4, 0.5) is 5.69 Å². The fourth-order valence-electron chi connectivity index (χ4n) is 2.49. The Hall–Kier alpha value is -0.770. The zero-order valence-corrected chi connectivity index (χ0v) is 12.0. The molecule has 2 N–H and O–H groups in total. The van der Waals surface area contributed by atoms with Gasteiger partial charge in [0.25, 0.3) is 0 Å². The molecule has 2 rings (SSSR count). The Kier molecular flexibility index (Phi) is 4.49. The molecule has 100 valence electrons. The van der Waals surface area contributed by atoms with Gasteiger partial charge in [0.15, 0.2) is 0 Å². The highest BCUT2D eigenvalue weighted by Crippen LogP contribution is 2.27. The summed E-state index contributed by atoms with van der Waals surface area (Å²) in [5, 5.41) is 0.839. The van der Waals surface area contributed by atoms with Gasteiger partial charge in [0.2, 0.25) is 0 Å². The molecular weight excluding hydrogens is 246 g/mol. The van der Waals surface area contributed by atoms with Gasteiger partial charge in [-0.05, 0) is 51.2 Å². The Morgan fingerprint density at radius 3 is 2.78 bits per heavy atom. The van der Waals surface area contributed by atoms with Crippen molar-refractivity contribution in [2.75, 3.05) is 38.6 Å². The van der Waals surface area contributed by atoms with Gasteiger partial charge in [0.05, 0.1) is 0 Å². The second kappa shape index (κ2) is 5.91. The van der Waals surface area contributed by atoms with Crippen LogP contribution in [0.5, 0.6) is 0 Å². The number of hydrogen-bond donors (Lipinski definition) is 1. The van der Waals surface area contributed by atoms with E-state index >= 15 is 0 Å². The van der Waals surface area contributed by atoms with Crippen LogP contribution >= 0.6 is 11.6 Å². The first-order valence-electron chi connectivity index (χ1n) is 6.51. The zero-order valence-electron chi connectivity index (χ0n) is 11.2. The molecule has 0 amide bonds. The highest BCUT2D eigenvalue weighted by molar-refractivity contribution is 6.31. The molecule has 1 atom stereocenters. The number of rotatable bonds is 4. The first-order chi connectivity index (χ1) is 8.61. The molecular formula is C14H22ClN3. The molecule has 0 radical (unpaired) electrons. The number of nitrogens with two attached hydrogens (primary N) is 1. The van der Waals surface area contributed by atoms with Crippen molar-refractivity contribution in [1.82, 2.24) is 4.90 Å². The minimum atomic E-state index is 0.644. The lowest BCUT2D eigenvalue weighted by atomic mass is 10.1. The second-order valence-corrected chi connectivity index (χ2v) is 5.57. The third-order valence-electron chi connectivity index (χ3n) is 3.71. The molecule has 3 nitrogen and oxygen atoms in total. The molecule has 1 aromatic carbocycles.